The van der Waals surface area contributed by atoms with E-state index in [0.29, 0.717) is 11.4 Å². The van der Waals surface area contributed by atoms with Gasteiger partial charge in [-0.3, -0.25) is 9.52 Å². The van der Waals surface area contributed by atoms with E-state index < -0.39 is 10.0 Å². The van der Waals surface area contributed by atoms with E-state index in [-0.39, 0.29) is 10.8 Å². The van der Waals surface area contributed by atoms with E-state index in [2.05, 4.69) is 17.0 Å². The van der Waals surface area contributed by atoms with E-state index in [1.165, 1.54) is 6.92 Å². The Morgan fingerprint density at radius 1 is 0.958 bits per heavy atom. The molecule has 0 spiro atoms. The van der Waals surface area contributed by atoms with Crippen molar-refractivity contribution in [3.8, 4) is 0 Å². The Balaban J connectivity index is 2.08. The Labute approximate surface area is 143 Å². The monoisotopic (exact) mass is 346 g/mol. The van der Waals surface area contributed by atoms with E-state index in [0.717, 1.165) is 24.8 Å². The second-order valence-corrected chi connectivity index (χ2v) is 7.29. The highest BCUT2D eigenvalue weighted by Gasteiger charge is 2.14. The highest BCUT2D eigenvalue weighted by atomic mass is 32.2. The molecule has 2 N–H and O–H groups in total. The van der Waals surface area contributed by atoms with Crippen LogP contribution >= 0.6 is 0 Å². The van der Waals surface area contributed by atoms with Crippen molar-refractivity contribution < 1.29 is 13.2 Å². The van der Waals surface area contributed by atoms with Crippen molar-refractivity contribution in [2.45, 2.75) is 38.0 Å². The first-order valence-corrected chi connectivity index (χ1v) is 9.38. The third kappa shape index (κ3) is 5.09. The summed E-state index contributed by atoms with van der Waals surface area (Å²) in [5, 5.41) is 2.63. The number of unbranched alkanes of at least 4 members (excludes halogenated alkanes) is 1. The molecule has 0 unspecified atom stereocenters. The Morgan fingerprint density at radius 3 is 2.08 bits per heavy atom. The van der Waals surface area contributed by atoms with Crippen molar-refractivity contribution in [3.05, 3.63) is 54.1 Å². The summed E-state index contributed by atoms with van der Waals surface area (Å²) in [7, 11) is -3.62. The fraction of sp³-hybridized carbons (Fsp3) is 0.278. The molecule has 1 amide bonds. The van der Waals surface area contributed by atoms with Gasteiger partial charge in [0, 0.05) is 18.3 Å². The number of rotatable bonds is 7. The van der Waals surface area contributed by atoms with Crippen LogP contribution in [0.4, 0.5) is 11.4 Å². The van der Waals surface area contributed by atoms with Gasteiger partial charge in [0.05, 0.1) is 4.90 Å². The summed E-state index contributed by atoms with van der Waals surface area (Å²) >= 11 is 0. The normalized spacial score (nSPS) is 11.1. The van der Waals surface area contributed by atoms with Gasteiger partial charge in [0.15, 0.2) is 0 Å². The number of benzene rings is 2. The van der Waals surface area contributed by atoms with Gasteiger partial charge >= 0.3 is 0 Å². The van der Waals surface area contributed by atoms with Crippen LogP contribution in [0.3, 0.4) is 0 Å². The molecule has 0 aliphatic heterocycles. The minimum atomic E-state index is -3.62. The second kappa shape index (κ2) is 7.97. The lowest BCUT2D eigenvalue weighted by atomic mass is 10.1. The summed E-state index contributed by atoms with van der Waals surface area (Å²) in [6.07, 6.45) is 3.15. The molecule has 0 heterocycles. The van der Waals surface area contributed by atoms with Crippen molar-refractivity contribution in [3.63, 3.8) is 0 Å². The molecule has 0 aliphatic carbocycles. The molecule has 0 saturated heterocycles. The van der Waals surface area contributed by atoms with E-state index in [1.54, 1.807) is 36.4 Å². The lowest BCUT2D eigenvalue weighted by molar-refractivity contribution is -0.114. The van der Waals surface area contributed by atoms with Crippen molar-refractivity contribution in [1.82, 2.24) is 0 Å². The number of anilines is 2. The predicted octanol–water partition coefficient (Wildman–Crippen LogP) is 3.79. The average molecular weight is 346 g/mol. The van der Waals surface area contributed by atoms with Crippen molar-refractivity contribution in [2.75, 3.05) is 10.0 Å². The number of hydrogen-bond acceptors (Lipinski definition) is 3. The summed E-state index contributed by atoms with van der Waals surface area (Å²) in [6.45, 7) is 3.54. The maximum atomic E-state index is 12.4. The molecular weight excluding hydrogens is 324 g/mol. The molecule has 0 saturated carbocycles. The summed E-state index contributed by atoms with van der Waals surface area (Å²) in [4.78, 5) is 11.2. The van der Waals surface area contributed by atoms with Crippen LogP contribution in [0.5, 0.6) is 0 Å². The van der Waals surface area contributed by atoms with Crippen molar-refractivity contribution in [1.29, 1.82) is 0 Å². The third-order valence-corrected chi connectivity index (χ3v) is 4.91. The van der Waals surface area contributed by atoms with Crippen molar-refractivity contribution >= 4 is 27.3 Å². The Kier molecular flexibility index (Phi) is 5.98. The minimum absolute atomic E-state index is 0.175. The molecule has 0 fully saturated rings. The van der Waals surface area contributed by atoms with E-state index in [9.17, 15) is 13.2 Å². The van der Waals surface area contributed by atoms with E-state index >= 15 is 0 Å². The number of aryl methyl sites for hydroxylation is 1. The quantitative estimate of drug-likeness (QED) is 0.801. The largest absolute Gasteiger partial charge is 0.326 e. The Bertz CT molecular complexity index is 782. The molecule has 2 aromatic rings. The molecule has 6 heteroatoms. The van der Waals surface area contributed by atoms with Gasteiger partial charge in [-0.15, -0.1) is 0 Å². The number of carbonyl (C=O) groups excluding carboxylic acids is 1. The highest BCUT2D eigenvalue weighted by Crippen LogP contribution is 2.19. The van der Waals surface area contributed by atoms with Gasteiger partial charge in [0.1, 0.15) is 0 Å². The fourth-order valence-electron chi connectivity index (χ4n) is 2.26. The Hall–Kier alpha value is -2.34. The number of hydrogen-bond donors (Lipinski definition) is 2. The van der Waals surface area contributed by atoms with Crippen LogP contribution in [0.2, 0.25) is 0 Å². The molecule has 5 nitrogen and oxygen atoms in total. The smallest absolute Gasteiger partial charge is 0.261 e. The first kappa shape index (κ1) is 18.0. The number of nitrogens with one attached hydrogen (secondary N) is 2. The Morgan fingerprint density at radius 2 is 1.54 bits per heavy atom. The van der Waals surface area contributed by atoms with Gasteiger partial charge in [0.25, 0.3) is 10.0 Å². The molecule has 0 aliphatic rings. The molecule has 0 radical (unpaired) electrons. The molecule has 0 atom stereocenters. The zero-order valence-corrected chi connectivity index (χ0v) is 14.7. The molecule has 2 aromatic carbocycles. The van der Waals surface area contributed by atoms with E-state index in [4.69, 9.17) is 0 Å². The number of carbonyl (C=O) groups is 1. The lowest BCUT2D eigenvalue weighted by Gasteiger charge is -2.10. The standard InChI is InChI=1S/C18H22N2O3S/c1-3-4-5-15-6-12-18(13-7-15)24(22,23)20-17-10-8-16(9-11-17)19-14(2)21/h6-13,20H,3-5H2,1-2H3,(H,19,21). The van der Waals surface area contributed by atoms with Gasteiger partial charge < -0.3 is 5.32 Å². The van der Waals surface area contributed by atoms with Crippen LogP contribution < -0.4 is 10.0 Å². The van der Waals surface area contributed by atoms with Gasteiger partial charge in [-0.2, -0.15) is 0 Å². The molecule has 24 heavy (non-hydrogen) atoms. The van der Waals surface area contributed by atoms with E-state index in [1.807, 2.05) is 12.1 Å². The topological polar surface area (TPSA) is 75.3 Å². The molecule has 0 bridgehead atoms. The maximum absolute atomic E-state index is 12.4. The van der Waals surface area contributed by atoms with Crippen molar-refractivity contribution in [2.24, 2.45) is 0 Å². The molecular formula is C18H22N2O3S. The average Bonchev–Trinajstić information content (AvgIpc) is 2.54. The predicted molar refractivity (Wildman–Crippen MR) is 96.6 cm³/mol. The molecule has 0 aromatic heterocycles. The van der Waals surface area contributed by atoms with Gasteiger partial charge in [-0.05, 0) is 54.8 Å². The van der Waals surface area contributed by atoms with Crippen LogP contribution in [-0.2, 0) is 21.2 Å². The first-order chi connectivity index (χ1) is 11.4. The third-order valence-electron chi connectivity index (χ3n) is 3.51. The summed E-state index contributed by atoms with van der Waals surface area (Å²) in [5.41, 5.74) is 2.19. The zero-order valence-electron chi connectivity index (χ0n) is 13.9. The minimum Gasteiger partial charge on any atom is -0.326 e. The zero-order chi connectivity index (χ0) is 17.6. The van der Waals surface area contributed by atoms with Crippen LogP contribution in [0.15, 0.2) is 53.4 Å². The summed E-state index contributed by atoms with van der Waals surface area (Å²) in [6, 6.07) is 13.5. The SMILES string of the molecule is CCCCc1ccc(S(=O)(=O)Nc2ccc(NC(C)=O)cc2)cc1. The molecule has 128 valence electrons. The van der Waals surface area contributed by atoms with Gasteiger partial charge in [0.2, 0.25) is 5.91 Å². The maximum Gasteiger partial charge on any atom is 0.261 e. The van der Waals surface area contributed by atoms with Crippen LogP contribution in [0.25, 0.3) is 0 Å². The first-order valence-electron chi connectivity index (χ1n) is 7.90. The van der Waals surface area contributed by atoms with Gasteiger partial charge in [-0.1, -0.05) is 25.5 Å². The number of sulfonamides is 1. The fourth-order valence-corrected chi connectivity index (χ4v) is 3.31. The molecule has 2 rings (SSSR count). The second-order valence-electron chi connectivity index (χ2n) is 5.61. The van der Waals surface area contributed by atoms with Crippen LogP contribution in [-0.4, -0.2) is 14.3 Å². The summed E-state index contributed by atoms with van der Waals surface area (Å²) in [5.74, 6) is -0.175. The lowest BCUT2D eigenvalue weighted by Crippen LogP contribution is -2.13. The van der Waals surface area contributed by atoms with Crippen LogP contribution in [0, 0.1) is 0 Å². The number of amides is 1. The highest BCUT2D eigenvalue weighted by molar-refractivity contribution is 7.92. The van der Waals surface area contributed by atoms with Crippen LogP contribution in [0.1, 0.15) is 32.3 Å². The summed E-state index contributed by atoms with van der Waals surface area (Å²) < 4.78 is 27.4. The van der Waals surface area contributed by atoms with Gasteiger partial charge in [-0.25, -0.2) is 8.42 Å².